The summed E-state index contributed by atoms with van der Waals surface area (Å²) in [6.07, 6.45) is -1.35. The molecule has 0 aliphatic rings. The molecule has 86 valence electrons. The fourth-order valence-corrected chi connectivity index (χ4v) is 1.22. The number of aliphatic hydroxyl groups is 1. The van der Waals surface area contributed by atoms with E-state index in [0.717, 1.165) is 6.07 Å². The van der Waals surface area contributed by atoms with Gasteiger partial charge in [-0.15, -0.1) is 0 Å². The monoisotopic (exact) mass is 226 g/mol. The van der Waals surface area contributed by atoms with Gasteiger partial charge in [0, 0.05) is 24.0 Å². The summed E-state index contributed by atoms with van der Waals surface area (Å²) in [6.45, 7) is 1.24. The molecule has 0 amide bonds. The van der Waals surface area contributed by atoms with E-state index in [2.05, 4.69) is 0 Å². The molecule has 1 rings (SSSR count). The fraction of sp³-hybridized carbons (Fsp3) is 0.333. The highest BCUT2D eigenvalue weighted by molar-refractivity contribution is 5.35. The zero-order valence-electron chi connectivity index (χ0n) is 8.44. The average molecular weight is 226 g/mol. The molecular weight excluding hydrogens is 216 g/mol. The average Bonchev–Trinajstić information content (AvgIpc) is 2.27. The van der Waals surface area contributed by atoms with Crippen LogP contribution in [0.5, 0.6) is 0 Å². The summed E-state index contributed by atoms with van der Waals surface area (Å²) in [5, 5.41) is 30.5. The molecule has 0 radical (unpaired) electrons. The first-order valence-corrected chi connectivity index (χ1v) is 4.49. The Labute approximate surface area is 90.6 Å². The summed E-state index contributed by atoms with van der Waals surface area (Å²) in [4.78, 5) is 19.7. The van der Waals surface area contributed by atoms with Crippen LogP contribution in [0, 0.1) is 20.2 Å². The van der Waals surface area contributed by atoms with E-state index in [0.29, 0.717) is 0 Å². The van der Waals surface area contributed by atoms with Gasteiger partial charge in [-0.05, 0) is 5.56 Å². The third-order valence-electron chi connectivity index (χ3n) is 2.21. The highest BCUT2D eigenvalue weighted by atomic mass is 16.6. The molecule has 0 spiro atoms. The predicted octanol–water partition coefficient (Wildman–Crippen LogP) is 1.29. The standard InChI is InChI=1S/C9H10N2O5/c1-6(10(13)14)9(12)7-3-2-4-8(5-7)11(15)16/h2-6,9,12H,1H3/t6-,9+/m0/s1. The molecular formula is C9H10N2O5. The maximum Gasteiger partial charge on any atom is 0.269 e. The lowest BCUT2D eigenvalue weighted by Gasteiger charge is -2.11. The van der Waals surface area contributed by atoms with Crippen molar-refractivity contribution in [3.05, 3.63) is 50.1 Å². The Morgan fingerprint density at radius 1 is 1.31 bits per heavy atom. The van der Waals surface area contributed by atoms with Gasteiger partial charge in [0.15, 0.2) is 0 Å². The van der Waals surface area contributed by atoms with Gasteiger partial charge in [-0.1, -0.05) is 12.1 Å². The summed E-state index contributed by atoms with van der Waals surface area (Å²) in [5.74, 6) is 0. The minimum Gasteiger partial charge on any atom is -0.381 e. The highest BCUT2D eigenvalue weighted by Crippen LogP contribution is 2.22. The number of benzene rings is 1. The van der Waals surface area contributed by atoms with Crippen molar-refractivity contribution in [1.29, 1.82) is 0 Å². The van der Waals surface area contributed by atoms with E-state index in [4.69, 9.17) is 0 Å². The summed E-state index contributed by atoms with van der Waals surface area (Å²) >= 11 is 0. The largest absolute Gasteiger partial charge is 0.381 e. The third-order valence-corrected chi connectivity index (χ3v) is 2.21. The first-order chi connectivity index (χ1) is 7.43. The molecule has 0 aliphatic carbocycles. The Hall–Kier alpha value is -2.02. The van der Waals surface area contributed by atoms with Gasteiger partial charge in [-0.3, -0.25) is 20.2 Å². The van der Waals surface area contributed by atoms with Crippen LogP contribution in [0.3, 0.4) is 0 Å². The van der Waals surface area contributed by atoms with Crippen LogP contribution in [0.15, 0.2) is 24.3 Å². The summed E-state index contributed by atoms with van der Waals surface area (Å²) in [6, 6.07) is 3.97. The molecule has 0 saturated carbocycles. The van der Waals surface area contributed by atoms with Crippen molar-refractivity contribution in [3.63, 3.8) is 0 Å². The summed E-state index contributed by atoms with van der Waals surface area (Å²) < 4.78 is 0. The van der Waals surface area contributed by atoms with Crippen LogP contribution in [-0.4, -0.2) is 21.0 Å². The first-order valence-electron chi connectivity index (χ1n) is 4.49. The smallest absolute Gasteiger partial charge is 0.269 e. The minimum absolute atomic E-state index is 0.165. The number of aliphatic hydroxyl groups excluding tert-OH is 1. The Kier molecular flexibility index (Phi) is 3.51. The van der Waals surface area contributed by atoms with Crippen molar-refractivity contribution in [2.24, 2.45) is 0 Å². The van der Waals surface area contributed by atoms with Gasteiger partial charge < -0.3 is 5.11 Å². The maximum atomic E-state index is 10.5. The van der Waals surface area contributed by atoms with Crippen LogP contribution in [0.25, 0.3) is 0 Å². The lowest BCUT2D eigenvalue weighted by molar-refractivity contribution is -0.531. The zero-order chi connectivity index (χ0) is 12.3. The molecule has 0 bridgehead atoms. The number of rotatable bonds is 4. The van der Waals surface area contributed by atoms with Crippen molar-refractivity contribution in [1.82, 2.24) is 0 Å². The maximum absolute atomic E-state index is 10.5. The van der Waals surface area contributed by atoms with E-state index >= 15 is 0 Å². The molecule has 0 unspecified atom stereocenters. The van der Waals surface area contributed by atoms with E-state index in [9.17, 15) is 25.3 Å². The van der Waals surface area contributed by atoms with Gasteiger partial charge >= 0.3 is 0 Å². The second-order valence-corrected chi connectivity index (χ2v) is 3.32. The molecule has 7 heteroatoms. The van der Waals surface area contributed by atoms with Crippen molar-refractivity contribution in [2.45, 2.75) is 19.1 Å². The summed E-state index contributed by atoms with van der Waals surface area (Å²) in [7, 11) is 0. The van der Waals surface area contributed by atoms with Gasteiger partial charge in [-0.25, -0.2) is 0 Å². The van der Waals surface area contributed by atoms with Crippen LogP contribution in [0.4, 0.5) is 5.69 Å². The van der Waals surface area contributed by atoms with Gasteiger partial charge in [0.05, 0.1) is 4.92 Å². The Balaban J connectivity index is 3.00. The molecule has 7 nitrogen and oxygen atoms in total. The van der Waals surface area contributed by atoms with Gasteiger partial charge in [0.1, 0.15) is 6.10 Å². The van der Waals surface area contributed by atoms with E-state index in [-0.39, 0.29) is 11.3 Å². The number of hydrogen-bond donors (Lipinski definition) is 1. The van der Waals surface area contributed by atoms with Crippen molar-refractivity contribution in [2.75, 3.05) is 0 Å². The normalized spacial score (nSPS) is 14.1. The van der Waals surface area contributed by atoms with Gasteiger partial charge in [0.25, 0.3) is 5.69 Å². The lowest BCUT2D eigenvalue weighted by Crippen LogP contribution is -2.23. The highest BCUT2D eigenvalue weighted by Gasteiger charge is 2.26. The second-order valence-electron chi connectivity index (χ2n) is 3.32. The van der Waals surface area contributed by atoms with E-state index in [1.54, 1.807) is 0 Å². The number of nitrogens with zero attached hydrogens (tertiary/aromatic N) is 2. The van der Waals surface area contributed by atoms with Crippen molar-refractivity contribution >= 4 is 5.69 Å². The molecule has 0 aliphatic heterocycles. The Bertz CT molecular complexity index is 420. The van der Waals surface area contributed by atoms with Gasteiger partial charge in [-0.2, -0.15) is 0 Å². The van der Waals surface area contributed by atoms with Crippen LogP contribution < -0.4 is 0 Å². The third kappa shape index (κ3) is 2.51. The predicted molar refractivity (Wildman–Crippen MR) is 54.5 cm³/mol. The minimum atomic E-state index is -1.35. The topological polar surface area (TPSA) is 107 Å². The number of nitro benzene ring substituents is 1. The fourth-order valence-electron chi connectivity index (χ4n) is 1.22. The van der Waals surface area contributed by atoms with Crippen LogP contribution >= 0.6 is 0 Å². The van der Waals surface area contributed by atoms with E-state index < -0.39 is 22.0 Å². The van der Waals surface area contributed by atoms with E-state index in [1.165, 1.54) is 25.1 Å². The molecule has 16 heavy (non-hydrogen) atoms. The molecule has 0 heterocycles. The Morgan fingerprint density at radius 3 is 2.44 bits per heavy atom. The van der Waals surface area contributed by atoms with E-state index in [1.807, 2.05) is 0 Å². The number of nitro groups is 2. The number of hydrogen-bond acceptors (Lipinski definition) is 5. The zero-order valence-corrected chi connectivity index (χ0v) is 8.44. The molecule has 1 aromatic carbocycles. The molecule has 2 atom stereocenters. The molecule has 0 aromatic heterocycles. The molecule has 1 aromatic rings. The Morgan fingerprint density at radius 2 is 1.94 bits per heavy atom. The second kappa shape index (κ2) is 4.67. The van der Waals surface area contributed by atoms with Gasteiger partial charge in [0.2, 0.25) is 6.04 Å². The van der Waals surface area contributed by atoms with Crippen LogP contribution in [0.1, 0.15) is 18.6 Å². The van der Waals surface area contributed by atoms with Crippen LogP contribution in [0.2, 0.25) is 0 Å². The molecule has 1 N–H and O–H groups in total. The lowest BCUT2D eigenvalue weighted by atomic mass is 10.0. The summed E-state index contributed by atoms with van der Waals surface area (Å²) in [5.41, 5.74) is -0.0366. The number of non-ortho nitro benzene ring substituents is 1. The van der Waals surface area contributed by atoms with Crippen LogP contribution in [-0.2, 0) is 0 Å². The SMILES string of the molecule is C[C@@H]([C@@H](O)c1cccc([N+](=O)[O-])c1)[N+](=O)[O-]. The van der Waals surface area contributed by atoms with Crippen molar-refractivity contribution < 1.29 is 15.0 Å². The quantitative estimate of drug-likeness (QED) is 0.614. The molecule has 0 saturated heterocycles. The molecule has 0 fully saturated rings. The first kappa shape index (κ1) is 12.1. The van der Waals surface area contributed by atoms with Crippen molar-refractivity contribution in [3.8, 4) is 0 Å².